The lowest BCUT2D eigenvalue weighted by Gasteiger charge is -2.14. The predicted octanol–water partition coefficient (Wildman–Crippen LogP) is 4.34. The number of hydrogen-bond acceptors (Lipinski definition) is 1. The minimum absolute atomic E-state index is 0.139. The van der Waals surface area contributed by atoms with Crippen molar-refractivity contribution in [3.8, 4) is 0 Å². The normalized spacial score (nSPS) is 12.5. The maximum atomic E-state index is 13.4. The minimum atomic E-state index is -0.397. The summed E-state index contributed by atoms with van der Waals surface area (Å²) in [4.78, 5) is 0. The molecule has 0 aromatic heterocycles. The Morgan fingerprint density at radius 2 is 1.84 bits per heavy atom. The van der Waals surface area contributed by atoms with Crippen LogP contribution in [0.1, 0.15) is 28.3 Å². The van der Waals surface area contributed by atoms with Gasteiger partial charge in [-0.25, -0.2) is 4.39 Å². The highest BCUT2D eigenvalue weighted by molar-refractivity contribution is 6.30. The molecule has 0 bridgehead atoms. The van der Waals surface area contributed by atoms with Crippen LogP contribution in [0, 0.1) is 19.7 Å². The molecule has 0 radical (unpaired) electrons. The Hall–Kier alpha value is -1.38. The van der Waals surface area contributed by atoms with Gasteiger partial charge in [-0.15, -0.1) is 0 Å². The second kappa shape index (κ2) is 5.72. The standard InChI is InChI=1S/C16H17ClFN/c1-10-3-5-13(7-11(10)2)16(19)9-12-4-6-14(17)15(18)8-12/h3-8,16H,9,19H2,1-2H3. The third kappa shape index (κ3) is 3.34. The van der Waals surface area contributed by atoms with E-state index >= 15 is 0 Å². The molecule has 0 fully saturated rings. The Morgan fingerprint density at radius 3 is 2.47 bits per heavy atom. The molecule has 19 heavy (non-hydrogen) atoms. The summed E-state index contributed by atoms with van der Waals surface area (Å²) in [7, 11) is 0. The van der Waals surface area contributed by atoms with Gasteiger partial charge in [0.25, 0.3) is 0 Å². The summed E-state index contributed by atoms with van der Waals surface area (Å²) < 4.78 is 13.4. The SMILES string of the molecule is Cc1ccc(C(N)Cc2ccc(Cl)c(F)c2)cc1C. The highest BCUT2D eigenvalue weighted by Gasteiger charge is 2.09. The summed E-state index contributed by atoms with van der Waals surface area (Å²) in [5.41, 5.74) is 10.6. The monoisotopic (exact) mass is 277 g/mol. The van der Waals surface area contributed by atoms with Gasteiger partial charge < -0.3 is 5.73 Å². The molecule has 0 aliphatic heterocycles. The second-order valence-electron chi connectivity index (χ2n) is 4.90. The van der Waals surface area contributed by atoms with Crippen LogP contribution in [0.4, 0.5) is 4.39 Å². The lowest BCUT2D eigenvalue weighted by Crippen LogP contribution is -2.13. The average molecular weight is 278 g/mol. The van der Waals surface area contributed by atoms with Gasteiger partial charge in [-0.1, -0.05) is 35.9 Å². The van der Waals surface area contributed by atoms with E-state index in [0.29, 0.717) is 6.42 Å². The fourth-order valence-corrected chi connectivity index (χ4v) is 2.15. The van der Waals surface area contributed by atoms with Crippen molar-refractivity contribution >= 4 is 11.6 Å². The highest BCUT2D eigenvalue weighted by atomic mass is 35.5. The van der Waals surface area contributed by atoms with Gasteiger partial charge in [-0.3, -0.25) is 0 Å². The van der Waals surface area contributed by atoms with E-state index in [1.807, 2.05) is 12.1 Å². The van der Waals surface area contributed by atoms with Gasteiger partial charge in [0.2, 0.25) is 0 Å². The van der Waals surface area contributed by atoms with Crippen LogP contribution in [0.5, 0.6) is 0 Å². The molecule has 3 heteroatoms. The zero-order valence-electron chi connectivity index (χ0n) is 11.1. The van der Waals surface area contributed by atoms with Gasteiger partial charge in [0.05, 0.1) is 5.02 Å². The molecule has 1 unspecified atom stereocenters. The van der Waals surface area contributed by atoms with Gasteiger partial charge in [0.1, 0.15) is 5.82 Å². The van der Waals surface area contributed by atoms with Crippen molar-refractivity contribution in [3.05, 3.63) is 69.5 Å². The van der Waals surface area contributed by atoms with Crippen molar-refractivity contribution < 1.29 is 4.39 Å². The molecule has 0 aliphatic rings. The van der Waals surface area contributed by atoms with E-state index in [2.05, 4.69) is 26.0 Å². The van der Waals surface area contributed by atoms with Crippen LogP contribution in [0.25, 0.3) is 0 Å². The van der Waals surface area contributed by atoms with E-state index in [-0.39, 0.29) is 11.1 Å². The molecule has 2 aromatic rings. The summed E-state index contributed by atoms with van der Waals surface area (Å²) in [6.45, 7) is 4.13. The largest absolute Gasteiger partial charge is 0.324 e. The molecular formula is C16H17ClFN. The molecule has 1 atom stereocenters. The predicted molar refractivity (Wildman–Crippen MR) is 78.0 cm³/mol. The minimum Gasteiger partial charge on any atom is -0.324 e. The summed E-state index contributed by atoms with van der Waals surface area (Å²) in [5.74, 6) is -0.397. The van der Waals surface area contributed by atoms with Crippen molar-refractivity contribution in [3.63, 3.8) is 0 Å². The molecule has 2 aromatic carbocycles. The first-order chi connectivity index (χ1) is 8.97. The van der Waals surface area contributed by atoms with Gasteiger partial charge in [0, 0.05) is 6.04 Å². The fourth-order valence-electron chi connectivity index (χ4n) is 2.03. The molecule has 0 saturated carbocycles. The van der Waals surface area contributed by atoms with Gasteiger partial charge in [0.15, 0.2) is 0 Å². The van der Waals surface area contributed by atoms with E-state index in [4.69, 9.17) is 17.3 Å². The van der Waals surface area contributed by atoms with Crippen LogP contribution >= 0.6 is 11.6 Å². The lowest BCUT2D eigenvalue weighted by molar-refractivity contribution is 0.622. The number of halogens is 2. The van der Waals surface area contributed by atoms with E-state index in [9.17, 15) is 4.39 Å². The molecule has 2 N–H and O–H groups in total. The van der Waals surface area contributed by atoms with Crippen LogP contribution in [0.3, 0.4) is 0 Å². The summed E-state index contributed by atoms with van der Waals surface area (Å²) in [6, 6.07) is 10.9. The number of nitrogens with two attached hydrogens (primary N) is 1. The maximum absolute atomic E-state index is 13.4. The smallest absolute Gasteiger partial charge is 0.142 e. The third-order valence-electron chi connectivity index (χ3n) is 3.40. The van der Waals surface area contributed by atoms with Crippen molar-refractivity contribution in [1.82, 2.24) is 0 Å². The molecule has 0 amide bonds. The zero-order chi connectivity index (χ0) is 14.0. The topological polar surface area (TPSA) is 26.0 Å². The van der Waals surface area contributed by atoms with Gasteiger partial charge in [-0.05, 0) is 54.7 Å². The highest BCUT2D eigenvalue weighted by Crippen LogP contribution is 2.21. The Morgan fingerprint density at radius 1 is 1.11 bits per heavy atom. The van der Waals surface area contributed by atoms with Crippen LogP contribution in [0.2, 0.25) is 5.02 Å². The quantitative estimate of drug-likeness (QED) is 0.887. The number of hydrogen-bond donors (Lipinski definition) is 1. The third-order valence-corrected chi connectivity index (χ3v) is 3.71. The van der Waals surface area contributed by atoms with Crippen molar-refractivity contribution in [2.24, 2.45) is 5.73 Å². The van der Waals surface area contributed by atoms with Crippen molar-refractivity contribution in [1.29, 1.82) is 0 Å². The number of aryl methyl sites for hydroxylation is 2. The fraction of sp³-hybridized carbons (Fsp3) is 0.250. The average Bonchev–Trinajstić information content (AvgIpc) is 2.37. The van der Waals surface area contributed by atoms with Gasteiger partial charge >= 0.3 is 0 Å². The summed E-state index contributed by atoms with van der Waals surface area (Å²) >= 11 is 5.67. The van der Waals surface area contributed by atoms with Crippen LogP contribution in [-0.4, -0.2) is 0 Å². The molecule has 0 heterocycles. The number of rotatable bonds is 3. The van der Waals surface area contributed by atoms with Crippen molar-refractivity contribution in [2.45, 2.75) is 26.3 Å². The Kier molecular flexibility index (Phi) is 4.23. The lowest BCUT2D eigenvalue weighted by atomic mass is 9.96. The molecule has 0 spiro atoms. The molecule has 0 aliphatic carbocycles. The second-order valence-corrected chi connectivity index (χ2v) is 5.31. The zero-order valence-corrected chi connectivity index (χ0v) is 11.8. The Labute approximate surface area is 118 Å². The molecular weight excluding hydrogens is 261 g/mol. The van der Waals surface area contributed by atoms with E-state index in [1.165, 1.54) is 17.2 Å². The molecule has 1 nitrogen and oxygen atoms in total. The van der Waals surface area contributed by atoms with E-state index < -0.39 is 5.82 Å². The van der Waals surface area contributed by atoms with Crippen LogP contribution in [0.15, 0.2) is 36.4 Å². The maximum Gasteiger partial charge on any atom is 0.142 e. The first kappa shape index (κ1) is 14.0. The molecule has 0 saturated heterocycles. The van der Waals surface area contributed by atoms with Crippen molar-refractivity contribution in [2.75, 3.05) is 0 Å². The summed E-state index contributed by atoms with van der Waals surface area (Å²) in [6.07, 6.45) is 0.594. The van der Waals surface area contributed by atoms with Crippen LogP contribution < -0.4 is 5.73 Å². The van der Waals surface area contributed by atoms with Gasteiger partial charge in [-0.2, -0.15) is 0 Å². The Balaban J connectivity index is 2.17. The summed E-state index contributed by atoms with van der Waals surface area (Å²) in [5, 5.41) is 0.142. The number of benzene rings is 2. The first-order valence-corrected chi connectivity index (χ1v) is 6.62. The van der Waals surface area contributed by atoms with Crippen LogP contribution in [-0.2, 0) is 6.42 Å². The Bertz CT molecular complexity index is 595. The molecule has 100 valence electrons. The first-order valence-electron chi connectivity index (χ1n) is 6.24. The van der Waals surface area contributed by atoms with E-state index in [0.717, 1.165) is 11.1 Å². The molecule has 2 rings (SSSR count). The van der Waals surface area contributed by atoms with E-state index in [1.54, 1.807) is 6.07 Å².